The van der Waals surface area contributed by atoms with Gasteiger partial charge in [0.25, 0.3) is 0 Å². The molecule has 0 aliphatic carbocycles. The van der Waals surface area contributed by atoms with E-state index in [0.29, 0.717) is 28.0 Å². The van der Waals surface area contributed by atoms with Crippen molar-refractivity contribution in [1.29, 1.82) is 0 Å². The second-order valence-electron chi connectivity index (χ2n) is 7.26. The van der Waals surface area contributed by atoms with Gasteiger partial charge in [-0.25, -0.2) is 4.79 Å². The van der Waals surface area contributed by atoms with Crippen molar-refractivity contribution < 1.29 is 29.3 Å². The molecule has 0 heterocycles. The van der Waals surface area contributed by atoms with Crippen LogP contribution in [-0.4, -0.2) is 41.3 Å². The lowest BCUT2D eigenvalue weighted by atomic mass is 9.93. The number of rotatable bonds is 9. The van der Waals surface area contributed by atoms with E-state index in [-0.39, 0.29) is 30.3 Å². The lowest BCUT2D eigenvalue weighted by Gasteiger charge is -2.15. The maximum absolute atomic E-state index is 13.0. The van der Waals surface area contributed by atoms with Gasteiger partial charge in [0.15, 0.2) is 5.78 Å². The Balaban J connectivity index is 1.79. The van der Waals surface area contributed by atoms with Crippen LogP contribution in [0, 0.1) is 0 Å². The number of aliphatic hydroxyl groups excluding tert-OH is 1. The highest BCUT2D eigenvalue weighted by Crippen LogP contribution is 2.35. The van der Waals surface area contributed by atoms with E-state index < -0.39 is 12.1 Å². The van der Waals surface area contributed by atoms with E-state index in [0.717, 1.165) is 0 Å². The number of carbonyl (C=O) groups excluding carboxylic acids is 2. The molecule has 3 rings (SSSR count). The van der Waals surface area contributed by atoms with Crippen LogP contribution < -0.4 is 4.74 Å². The summed E-state index contributed by atoms with van der Waals surface area (Å²) in [6, 6.07) is 20.5. The van der Waals surface area contributed by atoms with E-state index in [9.17, 15) is 19.8 Å². The van der Waals surface area contributed by atoms with E-state index in [4.69, 9.17) is 9.47 Å². The Morgan fingerprint density at radius 3 is 2.34 bits per heavy atom. The summed E-state index contributed by atoms with van der Waals surface area (Å²) in [6.07, 6.45) is -1.04. The van der Waals surface area contributed by atoms with Gasteiger partial charge in [0.1, 0.15) is 30.8 Å². The Morgan fingerprint density at radius 1 is 0.938 bits per heavy atom. The van der Waals surface area contributed by atoms with E-state index >= 15 is 0 Å². The summed E-state index contributed by atoms with van der Waals surface area (Å²) in [6.45, 7) is 4.64. The Kier molecular flexibility index (Phi) is 7.41. The number of ketones is 1. The molecule has 1 unspecified atom stereocenters. The molecule has 0 spiro atoms. The van der Waals surface area contributed by atoms with Crippen LogP contribution in [0.25, 0.3) is 11.1 Å². The average Bonchev–Trinajstić information content (AvgIpc) is 2.82. The highest BCUT2D eigenvalue weighted by molar-refractivity contribution is 6.13. The summed E-state index contributed by atoms with van der Waals surface area (Å²) in [7, 11) is 0. The Labute approximate surface area is 186 Å². The van der Waals surface area contributed by atoms with Crippen molar-refractivity contribution in [2.45, 2.75) is 13.0 Å². The average molecular weight is 432 g/mol. The fourth-order valence-electron chi connectivity index (χ4n) is 3.02. The Morgan fingerprint density at radius 2 is 1.62 bits per heavy atom. The van der Waals surface area contributed by atoms with Crippen LogP contribution in [0.15, 0.2) is 84.9 Å². The summed E-state index contributed by atoms with van der Waals surface area (Å²) < 4.78 is 10.5. The number of aliphatic hydroxyl groups is 1. The van der Waals surface area contributed by atoms with Gasteiger partial charge in [0.2, 0.25) is 0 Å². The first-order valence-electron chi connectivity index (χ1n) is 10.0. The lowest BCUT2D eigenvalue weighted by Crippen LogP contribution is -2.25. The highest BCUT2D eigenvalue weighted by atomic mass is 16.5. The van der Waals surface area contributed by atoms with Gasteiger partial charge in [0, 0.05) is 22.3 Å². The van der Waals surface area contributed by atoms with Crippen LogP contribution in [0.2, 0.25) is 0 Å². The number of hydrogen-bond donors (Lipinski definition) is 2. The number of benzene rings is 3. The first-order valence-corrected chi connectivity index (χ1v) is 10.0. The first-order chi connectivity index (χ1) is 15.4. The fourth-order valence-corrected chi connectivity index (χ4v) is 3.02. The van der Waals surface area contributed by atoms with Gasteiger partial charge in [-0.05, 0) is 30.7 Å². The third kappa shape index (κ3) is 5.62. The molecule has 1 atom stereocenters. The van der Waals surface area contributed by atoms with E-state index in [1.54, 1.807) is 60.7 Å². The zero-order valence-electron chi connectivity index (χ0n) is 17.7. The van der Waals surface area contributed by atoms with Gasteiger partial charge >= 0.3 is 5.97 Å². The Hall–Kier alpha value is -3.90. The zero-order chi connectivity index (χ0) is 23.1. The normalized spacial score (nSPS) is 11.4. The second kappa shape index (κ2) is 10.4. The molecule has 0 fully saturated rings. The zero-order valence-corrected chi connectivity index (χ0v) is 17.7. The number of esters is 1. The second-order valence-corrected chi connectivity index (χ2v) is 7.26. The third-order valence-electron chi connectivity index (χ3n) is 4.66. The quantitative estimate of drug-likeness (QED) is 0.300. The third-order valence-corrected chi connectivity index (χ3v) is 4.66. The minimum Gasteiger partial charge on any atom is -0.507 e. The van der Waals surface area contributed by atoms with Crippen LogP contribution >= 0.6 is 0 Å². The fraction of sp³-hybridized carbons (Fsp3) is 0.154. The lowest BCUT2D eigenvalue weighted by molar-refractivity contribution is -0.142. The molecular weight excluding hydrogens is 408 g/mol. The van der Waals surface area contributed by atoms with Crippen molar-refractivity contribution in [2.24, 2.45) is 0 Å². The molecule has 0 bridgehead atoms. The summed E-state index contributed by atoms with van der Waals surface area (Å²) in [5, 5.41) is 20.5. The van der Waals surface area contributed by atoms with E-state index in [1.165, 1.54) is 13.0 Å². The Bertz CT molecular complexity index is 1120. The largest absolute Gasteiger partial charge is 0.507 e. The van der Waals surface area contributed by atoms with E-state index in [2.05, 4.69) is 6.58 Å². The topological polar surface area (TPSA) is 93.1 Å². The van der Waals surface area contributed by atoms with Crippen LogP contribution in [0.3, 0.4) is 0 Å². The summed E-state index contributed by atoms with van der Waals surface area (Å²) >= 11 is 0. The van der Waals surface area contributed by atoms with Gasteiger partial charge in [0.05, 0.1) is 0 Å². The van der Waals surface area contributed by atoms with Gasteiger partial charge in [-0.1, -0.05) is 61.2 Å². The SMILES string of the molecule is C=C(C)C(=O)OCC(O)COc1ccc(O)c(-c2ccccc2C(=O)c2ccccc2)c1. The van der Waals surface area contributed by atoms with Crippen molar-refractivity contribution >= 4 is 11.8 Å². The van der Waals surface area contributed by atoms with Crippen molar-refractivity contribution in [3.8, 4) is 22.6 Å². The molecule has 6 nitrogen and oxygen atoms in total. The summed E-state index contributed by atoms with van der Waals surface area (Å²) in [5.74, 6) is -0.385. The number of ether oxygens (including phenoxy) is 2. The molecule has 0 saturated heterocycles. The van der Waals surface area contributed by atoms with Crippen molar-refractivity contribution in [1.82, 2.24) is 0 Å². The summed E-state index contributed by atoms with van der Waals surface area (Å²) in [5.41, 5.74) is 2.20. The van der Waals surface area contributed by atoms with Crippen molar-refractivity contribution in [2.75, 3.05) is 13.2 Å². The smallest absolute Gasteiger partial charge is 0.333 e. The maximum atomic E-state index is 13.0. The predicted molar refractivity (Wildman–Crippen MR) is 121 cm³/mol. The molecule has 32 heavy (non-hydrogen) atoms. The van der Waals surface area contributed by atoms with Gasteiger partial charge < -0.3 is 19.7 Å². The molecule has 0 aromatic heterocycles. The summed E-state index contributed by atoms with van der Waals surface area (Å²) in [4.78, 5) is 24.5. The minimum atomic E-state index is -1.04. The molecule has 0 radical (unpaired) electrons. The van der Waals surface area contributed by atoms with Crippen LogP contribution in [0.5, 0.6) is 11.5 Å². The monoisotopic (exact) mass is 432 g/mol. The van der Waals surface area contributed by atoms with Crippen LogP contribution in [0.4, 0.5) is 0 Å². The molecule has 0 aliphatic heterocycles. The molecular formula is C26H24O6. The molecule has 6 heteroatoms. The maximum Gasteiger partial charge on any atom is 0.333 e. The highest BCUT2D eigenvalue weighted by Gasteiger charge is 2.17. The van der Waals surface area contributed by atoms with Crippen LogP contribution in [-0.2, 0) is 9.53 Å². The number of phenols is 1. The van der Waals surface area contributed by atoms with Gasteiger partial charge in [-0.3, -0.25) is 4.79 Å². The molecule has 3 aromatic carbocycles. The molecule has 0 saturated carbocycles. The van der Waals surface area contributed by atoms with Gasteiger partial charge in [-0.2, -0.15) is 0 Å². The standard InChI is InChI=1S/C26H24O6/c1-17(2)26(30)32-16-19(27)15-31-20-12-13-24(28)23(14-20)21-10-6-7-11-22(21)25(29)18-8-4-3-5-9-18/h3-14,19,27-28H,1,15-16H2,2H3. The number of aromatic hydroxyl groups is 1. The predicted octanol–water partition coefficient (Wildman–Crippen LogP) is 4.15. The minimum absolute atomic E-state index is 0.0124. The first kappa shape index (κ1) is 22.8. The molecule has 164 valence electrons. The molecule has 0 amide bonds. The van der Waals surface area contributed by atoms with Crippen molar-refractivity contribution in [3.05, 3.63) is 96.1 Å². The van der Waals surface area contributed by atoms with E-state index in [1.807, 2.05) is 6.07 Å². The molecule has 2 N–H and O–H groups in total. The molecule has 3 aromatic rings. The van der Waals surface area contributed by atoms with Crippen molar-refractivity contribution in [3.63, 3.8) is 0 Å². The number of carbonyl (C=O) groups is 2. The molecule has 0 aliphatic rings. The van der Waals surface area contributed by atoms with Crippen LogP contribution in [0.1, 0.15) is 22.8 Å². The number of phenolic OH excluding ortho intramolecular Hbond substituents is 1. The van der Waals surface area contributed by atoms with Gasteiger partial charge in [-0.15, -0.1) is 0 Å². The number of hydrogen-bond acceptors (Lipinski definition) is 6.